The Morgan fingerprint density at radius 1 is 1.21 bits per heavy atom. The molecule has 2 N–H and O–H groups in total. The van der Waals surface area contributed by atoms with Crippen LogP contribution in [-0.4, -0.2) is 17.2 Å². The molecular formula is C17H15BrFNO4. The summed E-state index contributed by atoms with van der Waals surface area (Å²) in [4.78, 5) is 23.0. The molecule has 0 aromatic heterocycles. The van der Waals surface area contributed by atoms with Crippen LogP contribution in [0, 0.1) is 5.82 Å². The Morgan fingerprint density at radius 3 is 2.54 bits per heavy atom. The fraction of sp³-hybridized carbons (Fsp3) is 0.176. The lowest BCUT2D eigenvalue weighted by atomic mass is 10.0. The molecule has 0 aliphatic heterocycles. The number of ether oxygens (including phenoxy) is 1. The third kappa shape index (κ3) is 5.34. The highest BCUT2D eigenvalue weighted by atomic mass is 79.9. The Labute approximate surface area is 146 Å². The number of aliphatic carboxylic acids is 1. The molecule has 0 saturated heterocycles. The highest BCUT2D eigenvalue weighted by Gasteiger charge is 2.21. The molecule has 0 aliphatic rings. The summed E-state index contributed by atoms with van der Waals surface area (Å²) >= 11 is 3.18. The summed E-state index contributed by atoms with van der Waals surface area (Å²) in [5.41, 5.74) is 1.26. The molecule has 1 amide bonds. The highest BCUT2D eigenvalue weighted by Crippen LogP contribution is 2.26. The molecule has 0 spiro atoms. The first-order chi connectivity index (χ1) is 11.5. The maximum absolute atomic E-state index is 13.2. The second-order valence-electron chi connectivity index (χ2n) is 5.02. The molecule has 0 aliphatic carbocycles. The van der Waals surface area contributed by atoms with Gasteiger partial charge in [-0.05, 0) is 23.3 Å². The van der Waals surface area contributed by atoms with E-state index in [-0.39, 0.29) is 13.0 Å². The van der Waals surface area contributed by atoms with Gasteiger partial charge < -0.3 is 15.2 Å². The molecule has 126 valence electrons. The molecule has 0 bridgehead atoms. The molecule has 1 unspecified atom stereocenters. The maximum atomic E-state index is 13.2. The predicted molar refractivity (Wildman–Crippen MR) is 88.9 cm³/mol. The van der Waals surface area contributed by atoms with Crippen molar-refractivity contribution in [2.45, 2.75) is 19.1 Å². The average molecular weight is 396 g/mol. The number of alkyl carbamates (subject to hydrolysis) is 1. The van der Waals surface area contributed by atoms with E-state index in [0.717, 1.165) is 5.56 Å². The Balaban J connectivity index is 2.05. The number of carboxylic acid groups (broad SMARTS) is 1. The van der Waals surface area contributed by atoms with Gasteiger partial charge in [-0.15, -0.1) is 0 Å². The van der Waals surface area contributed by atoms with Gasteiger partial charge in [0.2, 0.25) is 0 Å². The Hall–Kier alpha value is -2.41. The van der Waals surface area contributed by atoms with Gasteiger partial charge in [0, 0.05) is 4.47 Å². The standard InChI is InChI=1S/C17H15BrFNO4/c18-14-8-12(19)6-7-13(14)15(9-16(21)22)20-17(23)24-10-11-4-2-1-3-5-11/h1-8,15H,9-10H2,(H,20,23)(H,21,22). The first-order valence-electron chi connectivity index (χ1n) is 7.09. The van der Waals surface area contributed by atoms with Gasteiger partial charge in [-0.2, -0.15) is 0 Å². The summed E-state index contributed by atoms with van der Waals surface area (Å²) in [6.07, 6.45) is -1.11. The lowest BCUT2D eigenvalue weighted by Crippen LogP contribution is -2.31. The second kappa shape index (κ2) is 8.44. The van der Waals surface area contributed by atoms with Crippen LogP contribution < -0.4 is 5.32 Å². The van der Waals surface area contributed by atoms with E-state index in [1.807, 2.05) is 18.2 Å². The van der Waals surface area contributed by atoms with Crippen molar-refractivity contribution >= 4 is 28.0 Å². The fourth-order valence-corrected chi connectivity index (χ4v) is 2.73. The number of nitrogens with one attached hydrogen (secondary N) is 1. The summed E-state index contributed by atoms with van der Waals surface area (Å²) in [6, 6.07) is 12.1. The van der Waals surface area contributed by atoms with E-state index in [0.29, 0.717) is 10.0 Å². The van der Waals surface area contributed by atoms with Crippen LogP contribution in [-0.2, 0) is 16.1 Å². The Morgan fingerprint density at radius 2 is 1.92 bits per heavy atom. The molecule has 0 radical (unpaired) electrons. The van der Waals surface area contributed by atoms with Gasteiger partial charge in [0.25, 0.3) is 0 Å². The molecule has 2 aromatic carbocycles. The molecule has 0 saturated carbocycles. The highest BCUT2D eigenvalue weighted by molar-refractivity contribution is 9.10. The van der Waals surface area contributed by atoms with Crippen molar-refractivity contribution in [1.82, 2.24) is 5.32 Å². The minimum absolute atomic E-state index is 0.0665. The number of amides is 1. The van der Waals surface area contributed by atoms with E-state index in [2.05, 4.69) is 21.2 Å². The number of rotatable bonds is 6. The molecule has 1 atom stereocenters. The van der Waals surface area contributed by atoms with Crippen LogP contribution in [0.1, 0.15) is 23.6 Å². The van der Waals surface area contributed by atoms with Gasteiger partial charge in [0.15, 0.2) is 0 Å². The first kappa shape index (κ1) is 17.9. The van der Waals surface area contributed by atoms with Gasteiger partial charge in [-0.25, -0.2) is 9.18 Å². The monoisotopic (exact) mass is 395 g/mol. The number of halogens is 2. The number of benzene rings is 2. The topological polar surface area (TPSA) is 75.6 Å². The van der Waals surface area contributed by atoms with E-state index in [1.165, 1.54) is 18.2 Å². The zero-order valence-corrected chi connectivity index (χ0v) is 14.1. The second-order valence-corrected chi connectivity index (χ2v) is 5.88. The number of hydrogen-bond donors (Lipinski definition) is 2. The van der Waals surface area contributed by atoms with Crippen LogP contribution >= 0.6 is 15.9 Å². The maximum Gasteiger partial charge on any atom is 0.407 e. The molecule has 24 heavy (non-hydrogen) atoms. The van der Waals surface area contributed by atoms with Crippen molar-refractivity contribution in [2.75, 3.05) is 0 Å². The number of hydrogen-bond acceptors (Lipinski definition) is 3. The molecule has 5 nitrogen and oxygen atoms in total. The van der Waals surface area contributed by atoms with Crippen molar-refractivity contribution in [2.24, 2.45) is 0 Å². The van der Waals surface area contributed by atoms with Crippen LogP contribution in [0.15, 0.2) is 53.0 Å². The predicted octanol–water partition coefficient (Wildman–Crippen LogP) is 4.03. The van der Waals surface area contributed by atoms with Crippen molar-refractivity contribution in [1.29, 1.82) is 0 Å². The Kier molecular flexibility index (Phi) is 6.31. The number of carboxylic acids is 1. The summed E-state index contributed by atoms with van der Waals surface area (Å²) in [6.45, 7) is 0.0665. The van der Waals surface area contributed by atoms with Gasteiger partial charge >= 0.3 is 12.1 Å². The fourth-order valence-electron chi connectivity index (χ4n) is 2.10. The summed E-state index contributed by atoms with van der Waals surface area (Å²) < 4.78 is 18.7. The van der Waals surface area contributed by atoms with Gasteiger partial charge in [-0.1, -0.05) is 52.3 Å². The van der Waals surface area contributed by atoms with E-state index < -0.39 is 23.9 Å². The minimum atomic E-state index is -1.10. The van der Waals surface area contributed by atoms with E-state index in [4.69, 9.17) is 9.84 Å². The molecule has 2 rings (SSSR count). The van der Waals surface area contributed by atoms with Gasteiger partial charge in [-0.3, -0.25) is 4.79 Å². The average Bonchev–Trinajstić information content (AvgIpc) is 2.53. The zero-order valence-electron chi connectivity index (χ0n) is 12.5. The lowest BCUT2D eigenvalue weighted by Gasteiger charge is -2.18. The quantitative estimate of drug-likeness (QED) is 0.773. The molecule has 7 heteroatoms. The third-order valence-corrected chi connectivity index (χ3v) is 3.91. The van der Waals surface area contributed by atoms with Crippen molar-refractivity contribution in [3.63, 3.8) is 0 Å². The number of carbonyl (C=O) groups excluding carboxylic acids is 1. The third-order valence-electron chi connectivity index (χ3n) is 3.22. The van der Waals surface area contributed by atoms with Gasteiger partial charge in [0.05, 0.1) is 12.5 Å². The van der Waals surface area contributed by atoms with Crippen LogP contribution in [0.4, 0.5) is 9.18 Å². The first-order valence-corrected chi connectivity index (χ1v) is 7.89. The van der Waals surface area contributed by atoms with E-state index in [9.17, 15) is 14.0 Å². The van der Waals surface area contributed by atoms with Crippen LogP contribution in [0.2, 0.25) is 0 Å². The molecular weight excluding hydrogens is 381 g/mol. The van der Waals surface area contributed by atoms with Gasteiger partial charge in [0.1, 0.15) is 12.4 Å². The van der Waals surface area contributed by atoms with E-state index >= 15 is 0 Å². The van der Waals surface area contributed by atoms with Crippen LogP contribution in [0.25, 0.3) is 0 Å². The zero-order chi connectivity index (χ0) is 17.5. The molecule has 2 aromatic rings. The largest absolute Gasteiger partial charge is 0.481 e. The van der Waals surface area contributed by atoms with Crippen LogP contribution in [0.5, 0.6) is 0 Å². The SMILES string of the molecule is O=C(O)CC(NC(=O)OCc1ccccc1)c1ccc(F)cc1Br. The number of carbonyl (C=O) groups is 2. The van der Waals surface area contributed by atoms with E-state index in [1.54, 1.807) is 12.1 Å². The Bertz CT molecular complexity index is 724. The normalized spacial score (nSPS) is 11.6. The minimum Gasteiger partial charge on any atom is -0.481 e. The summed E-state index contributed by atoms with van der Waals surface area (Å²) in [7, 11) is 0. The van der Waals surface area contributed by atoms with Crippen molar-refractivity contribution < 1.29 is 23.8 Å². The summed E-state index contributed by atoms with van der Waals surface area (Å²) in [5.74, 6) is -1.56. The van der Waals surface area contributed by atoms with Crippen LogP contribution in [0.3, 0.4) is 0 Å². The van der Waals surface area contributed by atoms with Crippen molar-refractivity contribution in [3.05, 3.63) is 69.9 Å². The summed E-state index contributed by atoms with van der Waals surface area (Å²) in [5, 5.41) is 11.5. The van der Waals surface area contributed by atoms with Crippen molar-refractivity contribution in [3.8, 4) is 0 Å². The smallest absolute Gasteiger partial charge is 0.407 e. The lowest BCUT2D eigenvalue weighted by molar-refractivity contribution is -0.137. The molecule has 0 fully saturated rings. The molecule has 0 heterocycles.